The molecule has 0 saturated carbocycles. The number of halogens is 3. The number of rotatable bonds is 4. The summed E-state index contributed by atoms with van der Waals surface area (Å²) in [6.45, 7) is 3.03. The van der Waals surface area contributed by atoms with Crippen LogP contribution in [-0.4, -0.2) is 87.4 Å². The van der Waals surface area contributed by atoms with Gasteiger partial charge in [0, 0.05) is 51.5 Å². The van der Waals surface area contributed by atoms with Crippen molar-refractivity contribution in [2.24, 2.45) is 5.41 Å². The van der Waals surface area contributed by atoms with Gasteiger partial charge in [-0.1, -0.05) is 0 Å². The quantitative estimate of drug-likeness (QED) is 0.698. The monoisotopic (exact) mass is 482 g/mol. The van der Waals surface area contributed by atoms with Crippen LogP contribution in [0.2, 0.25) is 0 Å². The van der Waals surface area contributed by atoms with Gasteiger partial charge in [-0.2, -0.15) is 13.2 Å². The van der Waals surface area contributed by atoms with Crippen LogP contribution < -0.4 is 4.90 Å². The Kier molecular flexibility index (Phi) is 7.97. The molecule has 34 heavy (non-hydrogen) atoms. The van der Waals surface area contributed by atoms with Crippen molar-refractivity contribution in [1.29, 1.82) is 0 Å². The van der Waals surface area contributed by atoms with E-state index in [-0.39, 0.29) is 17.4 Å². The highest BCUT2D eigenvalue weighted by Crippen LogP contribution is 2.44. The fourth-order valence-corrected chi connectivity index (χ4v) is 4.30. The first-order valence-electron chi connectivity index (χ1n) is 10.5. The Morgan fingerprint density at radius 2 is 1.79 bits per heavy atom. The number of piperidine rings is 1. The van der Waals surface area contributed by atoms with Crippen LogP contribution in [0.15, 0.2) is 37.1 Å². The number of anilines is 1. The molecule has 0 bridgehead atoms. The smallest absolute Gasteiger partial charge is 0.475 e. The average molecular weight is 482 g/mol. The van der Waals surface area contributed by atoms with Crippen molar-refractivity contribution in [1.82, 2.24) is 24.8 Å². The maximum Gasteiger partial charge on any atom is 0.490 e. The van der Waals surface area contributed by atoms with E-state index in [0.717, 1.165) is 44.8 Å². The van der Waals surface area contributed by atoms with Gasteiger partial charge < -0.3 is 19.6 Å². The Morgan fingerprint density at radius 3 is 2.32 bits per heavy atom. The molecule has 184 valence electrons. The Bertz CT molecular complexity index is 956. The summed E-state index contributed by atoms with van der Waals surface area (Å²) in [7, 11) is 1.73. The number of aliphatic carboxylic acids is 1. The number of ether oxygens (including phenoxy) is 1. The van der Waals surface area contributed by atoms with E-state index in [2.05, 4.69) is 24.8 Å². The lowest BCUT2D eigenvalue weighted by Gasteiger charge is -2.39. The first-order chi connectivity index (χ1) is 16.1. The maximum atomic E-state index is 12.6. The number of carboxylic acid groups (broad SMARTS) is 1. The zero-order valence-corrected chi connectivity index (χ0v) is 18.5. The molecule has 13 heteroatoms. The number of aromatic nitrogens is 4. The second kappa shape index (κ2) is 10.7. The number of hydrogen-bond acceptors (Lipinski definition) is 8. The predicted octanol–water partition coefficient (Wildman–Crippen LogP) is 2.05. The molecule has 0 aliphatic carbocycles. The molecule has 1 spiro atoms. The summed E-state index contributed by atoms with van der Waals surface area (Å²) in [5.74, 6) is -2.03. The number of hydrogen-bond donors (Lipinski definition) is 1. The van der Waals surface area contributed by atoms with E-state index < -0.39 is 12.1 Å². The van der Waals surface area contributed by atoms with Gasteiger partial charge in [0.05, 0.1) is 18.8 Å². The Balaban J connectivity index is 0.000000406. The zero-order valence-electron chi connectivity index (χ0n) is 18.5. The van der Waals surface area contributed by atoms with Crippen LogP contribution in [0.1, 0.15) is 29.8 Å². The van der Waals surface area contributed by atoms with Crippen molar-refractivity contribution < 1.29 is 32.6 Å². The minimum Gasteiger partial charge on any atom is -0.475 e. The molecule has 1 amide bonds. The van der Waals surface area contributed by atoms with Crippen LogP contribution in [0.5, 0.6) is 0 Å². The molecule has 2 aromatic rings. The number of nitrogens with zero attached hydrogens (tertiary/aromatic N) is 6. The van der Waals surface area contributed by atoms with Crippen molar-refractivity contribution in [2.45, 2.75) is 31.5 Å². The standard InChI is InChI=1S/C19H24N6O2.C2HF3O2/c1-27-13-15-11-19(14-25(15)18-22-5-2-6-23-18)3-9-24(10-4-19)17(26)16-12-20-7-8-21-16;3-2(4,5)1(6)7/h2,5-8,12,15H,3-4,9-11,13-14H2,1H3;(H,6,7). The van der Waals surface area contributed by atoms with E-state index in [1.54, 1.807) is 31.9 Å². The van der Waals surface area contributed by atoms with Crippen molar-refractivity contribution >= 4 is 17.8 Å². The average Bonchev–Trinajstić information content (AvgIpc) is 3.18. The molecule has 1 unspecified atom stereocenters. The van der Waals surface area contributed by atoms with Crippen molar-refractivity contribution in [3.05, 3.63) is 42.7 Å². The Hall–Kier alpha value is -3.35. The van der Waals surface area contributed by atoms with E-state index >= 15 is 0 Å². The molecule has 0 radical (unpaired) electrons. The van der Waals surface area contributed by atoms with Crippen molar-refractivity contribution in [2.75, 3.05) is 38.3 Å². The van der Waals surface area contributed by atoms with Crippen LogP contribution in [0, 0.1) is 5.41 Å². The van der Waals surface area contributed by atoms with Gasteiger partial charge in [0.25, 0.3) is 5.91 Å². The topological polar surface area (TPSA) is 122 Å². The minimum atomic E-state index is -5.08. The first-order valence-corrected chi connectivity index (χ1v) is 10.5. The number of likely N-dealkylation sites (tertiary alicyclic amines) is 1. The van der Waals surface area contributed by atoms with Gasteiger partial charge in [-0.3, -0.25) is 9.78 Å². The van der Waals surface area contributed by atoms with E-state index in [1.807, 2.05) is 11.0 Å². The second-order valence-electron chi connectivity index (χ2n) is 8.18. The fraction of sp³-hybridized carbons (Fsp3) is 0.524. The summed E-state index contributed by atoms with van der Waals surface area (Å²) in [6, 6.07) is 2.09. The summed E-state index contributed by atoms with van der Waals surface area (Å²) in [5.41, 5.74) is 0.582. The lowest BCUT2D eigenvalue weighted by atomic mass is 9.76. The SMILES string of the molecule is COCC1CC2(CCN(C(=O)c3cnccn3)CC2)CN1c1ncccn1.O=C(O)C(F)(F)F. The number of carbonyl (C=O) groups is 2. The molecule has 1 N–H and O–H groups in total. The number of amides is 1. The highest BCUT2D eigenvalue weighted by Gasteiger charge is 2.47. The van der Waals surface area contributed by atoms with Crippen LogP contribution in [0.4, 0.5) is 19.1 Å². The highest BCUT2D eigenvalue weighted by atomic mass is 19.4. The fourth-order valence-electron chi connectivity index (χ4n) is 4.30. The number of carboxylic acids is 1. The third-order valence-electron chi connectivity index (χ3n) is 5.92. The third-order valence-corrected chi connectivity index (χ3v) is 5.92. The molecule has 1 atom stereocenters. The lowest BCUT2D eigenvalue weighted by Crippen LogP contribution is -2.44. The molecule has 4 heterocycles. The molecular weight excluding hydrogens is 457 g/mol. The lowest BCUT2D eigenvalue weighted by molar-refractivity contribution is -0.192. The van der Waals surface area contributed by atoms with Gasteiger partial charge in [0.15, 0.2) is 0 Å². The normalized spacial score (nSPS) is 19.5. The summed E-state index contributed by atoms with van der Waals surface area (Å²) in [4.78, 5) is 42.7. The van der Waals surface area contributed by atoms with E-state index in [1.165, 1.54) is 6.20 Å². The van der Waals surface area contributed by atoms with Crippen molar-refractivity contribution in [3.8, 4) is 0 Å². The second-order valence-corrected chi connectivity index (χ2v) is 8.18. The minimum absolute atomic E-state index is 0.0346. The van der Waals surface area contributed by atoms with Gasteiger partial charge >= 0.3 is 12.1 Å². The summed E-state index contributed by atoms with van der Waals surface area (Å²) < 4.78 is 37.2. The molecule has 2 aliphatic rings. The Morgan fingerprint density at radius 1 is 1.15 bits per heavy atom. The van der Waals surface area contributed by atoms with Gasteiger partial charge in [0.1, 0.15) is 5.69 Å². The van der Waals surface area contributed by atoms with Crippen molar-refractivity contribution in [3.63, 3.8) is 0 Å². The number of methoxy groups -OCH3 is 1. The molecular formula is C21H25F3N6O4. The van der Waals surface area contributed by atoms with Gasteiger partial charge in [-0.15, -0.1) is 0 Å². The molecule has 4 rings (SSSR count). The third kappa shape index (κ3) is 6.16. The largest absolute Gasteiger partial charge is 0.490 e. The molecule has 2 aliphatic heterocycles. The molecule has 2 saturated heterocycles. The van der Waals surface area contributed by atoms with Crippen LogP contribution in [0.3, 0.4) is 0 Å². The number of alkyl halides is 3. The van der Waals surface area contributed by atoms with E-state index in [4.69, 9.17) is 14.6 Å². The Labute approximate surface area is 193 Å². The summed E-state index contributed by atoms with van der Waals surface area (Å²) in [5, 5.41) is 7.12. The van der Waals surface area contributed by atoms with Gasteiger partial charge in [-0.25, -0.2) is 19.7 Å². The van der Waals surface area contributed by atoms with E-state index in [0.29, 0.717) is 12.3 Å². The summed E-state index contributed by atoms with van der Waals surface area (Å²) in [6.07, 6.45) is 6.10. The summed E-state index contributed by atoms with van der Waals surface area (Å²) >= 11 is 0. The van der Waals surface area contributed by atoms with Gasteiger partial charge in [-0.05, 0) is 30.7 Å². The molecule has 0 aromatic carbocycles. The van der Waals surface area contributed by atoms with Crippen LogP contribution in [-0.2, 0) is 9.53 Å². The molecule has 10 nitrogen and oxygen atoms in total. The van der Waals surface area contributed by atoms with E-state index in [9.17, 15) is 18.0 Å². The number of carbonyl (C=O) groups excluding carboxylic acids is 1. The predicted molar refractivity (Wildman–Crippen MR) is 113 cm³/mol. The highest BCUT2D eigenvalue weighted by molar-refractivity contribution is 5.92. The van der Waals surface area contributed by atoms with Crippen LogP contribution >= 0.6 is 0 Å². The van der Waals surface area contributed by atoms with Gasteiger partial charge in [0.2, 0.25) is 5.95 Å². The van der Waals surface area contributed by atoms with Crippen LogP contribution in [0.25, 0.3) is 0 Å². The first kappa shape index (κ1) is 25.3. The molecule has 2 fully saturated rings. The zero-order chi connectivity index (χ0) is 24.8. The maximum absolute atomic E-state index is 12.6. The molecule has 2 aromatic heterocycles.